The van der Waals surface area contributed by atoms with Gasteiger partial charge < -0.3 is 9.47 Å². The molecule has 0 amide bonds. The molecule has 4 heteroatoms. The van der Waals surface area contributed by atoms with Gasteiger partial charge in [0.2, 0.25) is 0 Å². The molecule has 1 aliphatic carbocycles. The summed E-state index contributed by atoms with van der Waals surface area (Å²) >= 11 is 0. The summed E-state index contributed by atoms with van der Waals surface area (Å²) in [5.41, 5.74) is 3.84. The molecule has 4 nitrogen and oxygen atoms in total. The van der Waals surface area contributed by atoms with Crippen molar-refractivity contribution in [3.05, 3.63) is 33.9 Å². The first kappa shape index (κ1) is 12.6. The van der Waals surface area contributed by atoms with E-state index in [0.717, 1.165) is 36.0 Å². The zero-order valence-electron chi connectivity index (χ0n) is 10.8. The number of esters is 2. The van der Waals surface area contributed by atoms with Gasteiger partial charge in [-0.25, -0.2) is 9.59 Å². The van der Waals surface area contributed by atoms with Crippen LogP contribution in [0.25, 0.3) is 0 Å². The fraction of sp³-hybridized carbons (Fsp3) is 0.429. The second kappa shape index (κ2) is 4.80. The number of carbonyl (C=O) groups excluding carboxylic acids is 2. The Hall–Kier alpha value is -1.84. The van der Waals surface area contributed by atoms with Gasteiger partial charge in [-0.1, -0.05) is 0 Å². The normalized spacial score (nSPS) is 13.1. The minimum absolute atomic E-state index is 0.331. The number of methoxy groups -OCH3 is 2. The van der Waals surface area contributed by atoms with Crippen LogP contribution >= 0.6 is 0 Å². The quantitative estimate of drug-likeness (QED) is 0.752. The van der Waals surface area contributed by atoms with Crippen LogP contribution in [0.3, 0.4) is 0 Å². The van der Waals surface area contributed by atoms with Gasteiger partial charge in [-0.15, -0.1) is 0 Å². The zero-order chi connectivity index (χ0) is 13.3. The second-order valence-electron chi connectivity index (χ2n) is 4.41. The molecule has 0 N–H and O–H groups in total. The van der Waals surface area contributed by atoms with Crippen LogP contribution in [0.15, 0.2) is 6.07 Å². The van der Waals surface area contributed by atoms with E-state index in [-0.39, 0.29) is 11.9 Å². The van der Waals surface area contributed by atoms with Gasteiger partial charge in [0.15, 0.2) is 0 Å². The van der Waals surface area contributed by atoms with Crippen molar-refractivity contribution in [1.29, 1.82) is 0 Å². The Kier molecular flexibility index (Phi) is 3.36. The fourth-order valence-electron chi connectivity index (χ4n) is 2.61. The maximum Gasteiger partial charge on any atom is 0.338 e. The second-order valence-corrected chi connectivity index (χ2v) is 4.41. The number of benzene rings is 1. The maximum absolute atomic E-state index is 11.8. The first-order chi connectivity index (χ1) is 8.60. The molecule has 0 spiro atoms. The molecule has 96 valence electrons. The highest BCUT2D eigenvalue weighted by Gasteiger charge is 2.27. The Morgan fingerprint density at radius 1 is 1.06 bits per heavy atom. The lowest BCUT2D eigenvalue weighted by Crippen LogP contribution is -2.13. The summed E-state index contributed by atoms with van der Waals surface area (Å²) in [5, 5.41) is 0. The van der Waals surface area contributed by atoms with Gasteiger partial charge in [-0.2, -0.15) is 0 Å². The predicted octanol–water partition coefficient (Wildman–Crippen LogP) is 2.06. The van der Waals surface area contributed by atoms with Crippen molar-refractivity contribution in [3.8, 4) is 0 Å². The highest BCUT2D eigenvalue weighted by atomic mass is 16.5. The standard InChI is InChI=1S/C14H16O4/c1-8-7-11(13(15)17-2)9-5-4-6-10(9)12(8)14(16)18-3/h7H,4-6H2,1-3H3. The van der Waals surface area contributed by atoms with Crippen LogP contribution in [0.5, 0.6) is 0 Å². The summed E-state index contributed by atoms with van der Waals surface area (Å²) in [5.74, 6) is -0.672. The summed E-state index contributed by atoms with van der Waals surface area (Å²) in [7, 11) is 2.74. The third kappa shape index (κ3) is 1.88. The van der Waals surface area contributed by atoms with E-state index in [0.29, 0.717) is 11.1 Å². The number of hydrogen-bond donors (Lipinski definition) is 0. The summed E-state index contributed by atoms with van der Waals surface area (Å²) in [4.78, 5) is 23.5. The third-order valence-electron chi connectivity index (χ3n) is 3.39. The molecule has 0 heterocycles. The van der Waals surface area contributed by atoms with Crippen LogP contribution in [0, 0.1) is 6.92 Å². The molecule has 0 radical (unpaired) electrons. The SMILES string of the molecule is COC(=O)c1cc(C)c(C(=O)OC)c2c1CCC2. The molecular formula is C14H16O4. The Labute approximate surface area is 106 Å². The first-order valence-corrected chi connectivity index (χ1v) is 5.92. The van der Waals surface area contributed by atoms with Crippen molar-refractivity contribution >= 4 is 11.9 Å². The Morgan fingerprint density at radius 3 is 2.28 bits per heavy atom. The molecule has 0 saturated carbocycles. The number of fused-ring (bicyclic) bond motifs is 1. The monoisotopic (exact) mass is 248 g/mol. The fourth-order valence-corrected chi connectivity index (χ4v) is 2.61. The molecule has 0 aromatic heterocycles. The molecule has 0 saturated heterocycles. The van der Waals surface area contributed by atoms with Crippen LogP contribution in [0.1, 0.15) is 43.8 Å². The average Bonchev–Trinajstić information content (AvgIpc) is 2.84. The van der Waals surface area contributed by atoms with Gasteiger partial charge in [0, 0.05) is 0 Å². The number of carbonyl (C=O) groups is 2. The average molecular weight is 248 g/mol. The molecule has 2 rings (SSSR count). The molecule has 0 fully saturated rings. The minimum atomic E-state index is -0.340. The minimum Gasteiger partial charge on any atom is -0.465 e. The van der Waals surface area contributed by atoms with E-state index >= 15 is 0 Å². The van der Waals surface area contributed by atoms with Gasteiger partial charge in [0.1, 0.15) is 0 Å². The van der Waals surface area contributed by atoms with Gasteiger partial charge in [-0.05, 0) is 48.9 Å². The molecule has 1 aliphatic rings. The first-order valence-electron chi connectivity index (χ1n) is 5.92. The zero-order valence-corrected chi connectivity index (χ0v) is 10.8. The molecule has 0 bridgehead atoms. The van der Waals surface area contributed by atoms with Crippen LogP contribution in [0.4, 0.5) is 0 Å². The lowest BCUT2D eigenvalue weighted by Gasteiger charge is -2.13. The number of aryl methyl sites for hydroxylation is 1. The van der Waals surface area contributed by atoms with Crippen molar-refractivity contribution in [3.63, 3.8) is 0 Å². The van der Waals surface area contributed by atoms with E-state index in [1.54, 1.807) is 6.07 Å². The van der Waals surface area contributed by atoms with Crippen molar-refractivity contribution in [1.82, 2.24) is 0 Å². The molecule has 1 aromatic rings. The molecule has 1 aromatic carbocycles. The lowest BCUT2D eigenvalue weighted by atomic mass is 9.93. The summed E-state index contributed by atoms with van der Waals surface area (Å²) in [6.45, 7) is 1.82. The van der Waals surface area contributed by atoms with E-state index in [4.69, 9.17) is 9.47 Å². The molecule has 0 atom stereocenters. The molecule has 0 aliphatic heterocycles. The van der Waals surface area contributed by atoms with Crippen LogP contribution in [0.2, 0.25) is 0 Å². The number of rotatable bonds is 2. The highest BCUT2D eigenvalue weighted by Crippen LogP contribution is 2.31. The highest BCUT2D eigenvalue weighted by molar-refractivity contribution is 5.98. The van der Waals surface area contributed by atoms with E-state index < -0.39 is 0 Å². The van der Waals surface area contributed by atoms with E-state index in [2.05, 4.69) is 0 Å². The van der Waals surface area contributed by atoms with E-state index in [9.17, 15) is 9.59 Å². The lowest BCUT2D eigenvalue weighted by molar-refractivity contribution is 0.0584. The van der Waals surface area contributed by atoms with E-state index in [1.807, 2.05) is 6.92 Å². The largest absolute Gasteiger partial charge is 0.465 e. The van der Waals surface area contributed by atoms with Crippen LogP contribution in [-0.4, -0.2) is 26.2 Å². The van der Waals surface area contributed by atoms with Gasteiger partial charge in [-0.3, -0.25) is 0 Å². The van der Waals surface area contributed by atoms with Crippen LogP contribution in [-0.2, 0) is 22.3 Å². The third-order valence-corrected chi connectivity index (χ3v) is 3.39. The Morgan fingerprint density at radius 2 is 1.67 bits per heavy atom. The summed E-state index contributed by atoms with van der Waals surface area (Å²) in [6, 6.07) is 1.72. The summed E-state index contributed by atoms with van der Waals surface area (Å²) in [6.07, 6.45) is 2.57. The topological polar surface area (TPSA) is 52.6 Å². The van der Waals surface area contributed by atoms with Gasteiger partial charge >= 0.3 is 11.9 Å². The number of hydrogen-bond acceptors (Lipinski definition) is 4. The van der Waals surface area contributed by atoms with Gasteiger partial charge in [0.05, 0.1) is 25.3 Å². The molecule has 0 unspecified atom stereocenters. The van der Waals surface area contributed by atoms with Gasteiger partial charge in [0.25, 0.3) is 0 Å². The van der Waals surface area contributed by atoms with E-state index in [1.165, 1.54) is 14.2 Å². The van der Waals surface area contributed by atoms with Crippen molar-refractivity contribution < 1.29 is 19.1 Å². The predicted molar refractivity (Wildman–Crippen MR) is 65.9 cm³/mol. The summed E-state index contributed by atoms with van der Waals surface area (Å²) < 4.78 is 9.60. The van der Waals surface area contributed by atoms with Crippen LogP contribution < -0.4 is 0 Å². The molecular weight excluding hydrogens is 232 g/mol. The maximum atomic E-state index is 11.8. The number of ether oxygens (including phenoxy) is 2. The smallest absolute Gasteiger partial charge is 0.338 e. The Balaban J connectivity index is 2.64. The van der Waals surface area contributed by atoms with Crippen molar-refractivity contribution in [2.75, 3.05) is 14.2 Å². The van der Waals surface area contributed by atoms with Crippen molar-refractivity contribution in [2.24, 2.45) is 0 Å². The molecule has 18 heavy (non-hydrogen) atoms. The Bertz CT molecular complexity index is 517. The van der Waals surface area contributed by atoms with Crippen molar-refractivity contribution in [2.45, 2.75) is 26.2 Å².